The summed E-state index contributed by atoms with van der Waals surface area (Å²) < 4.78 is 0. The Labute approximate surface area is 128 Å². The average molecular weight is 297 g/mol. The van der Waals surface area contributed by atoms with Gasteiger partial charge in [0.2, 0.25) is 5.91 Å². The number of benzene rings is 1. The number of likely N-dealkylation sites (N-methyl/N-ethyl adjacent to an activating group) is 1. The van der Waals surface area contributed by atoms with Crippen LogP contribution >= 0.6 is 12.4 Å². The van der Waals surface area contributed by atoms with Crippen LogP contribution in [0.3, 0.4) is 0 Å². The summed E-state index contributed by atoms with van der Waals surface area (Å²) in [5, 5.41) is 3.07. The molecule has 0 fully saturated rings. The zero-order valence-electron chi connectivity index (χ0n) is 12.6. The van der Waals surface area contributed by atoms with Crippen LogP contribution < -0.4 is 5.32 Å². The van der Waals surface area contributed by atoms with Crippen molar-refractivity contribution in [3.05, 3.63) is 35.4 Å². The lowest BCUT2D eigenvalue weighted by atomic mass is 9.87. The topological polar surface area (TPSA) is 32.3 Å². The molecule has 2 unspecified atom stereocenters. The number of nitrogens with zero attached hydrogens (tertiary/aromatic N) is 1. The Kier molecular flexibility index (Phi) is 6.50. The number of carbonyl (C=O) groups is 1. The maximum absolute atomic E-state index is 12.3. The van der Waals surface area contributed by atoms with Gasteiger partial charge in [-0.25, -0.2) is 0 Å². The first-order valence-electron chi connectivity index (χ1n) is 7.11. The van der Waals surface area contributed by atoms with Gasteiger partial charge in [-0.3, -0.25) is 4.79 Å². The first kappa shape index (κ1) is 17.0. The van der Waals surface area contributed by atoms with Crippen molar-refractivity contribution in [1.29, 1.82) is 0 Å². The maximum Gasteiger partial charge on any atom is 0.226 e. The third-order valence-electron chi connectivity index (χ3n) is 4.15. The van der Waals surface area contributed by atoms with Crippen molar-refractivity contribution in [2.75, 3.05) is 20.6 Å². The molecule has 0 saturated heterocycles. The maximum atomic E-state index is 12.3. The largest absolute Gasteiger partial charge is 0.342 e. The van der Waals surface area contributed by atoms with Gasteiger partial charge in [0.05, 0.1) is 0 Å². The van der Waals surface area contributed by atoms with Crippen LogP contribution in [0.5, 0.6) is 0 Å². The first-order chi connectivity index (χ1) is 9.13. The Balaban J connectivity index is 0.00000200. The molecular weight excluding hydrogens is 272 g/mol. The molecule has 0 aromatic heterocycles. The molecule has 1 amide bonds. The minimum Gasteiger partial charge on any atom is -0.342 e. The molecule has 1 aliphatic rings. The minimum absolute atomic E-state index is 0. The van der Waals surface area contributed by atoms with Crippen molar-refractivity contribution < 1.29 is 4.79 Å². The van der Waals surface area contributed by atoms with Gasteiger partial charge in [0.25, 0.3) is 0 Å². The number of fused-ring (bicyclic) bond motifs is 1. The minimum atomic E-state index is 0. The van der Waals surface area contributed by atoms with Crippen molar-refractivity contribution in [3.8, 4) is 0 Å². The lowest BCUT2D eigenvalue weighted by molar-refractivity contribution is -0.135. The van der Waals surface area contributed by atoms with E-state index < -0.39 is 0 Å². The molecule has 3 nitrogen and oxygen atoms in total. The highest BCUT2D eigenvalue weighted by Crippen LogP contribution is 2.24. The van der Waals surface area contributed by atoms with Crippen LogP contribution in [0, 0.1) is 5.92 Å². The summed E-state index contributed by atoms with van der Waals surface area (Å²) in [6.07, 6.45) is 3.15. The van der Waals surface area contributed by atoms with Crippen LogP contribution in [0.4, 0.5) is 0 Å². The van der Waals surface area contributed by atoms with E-state index >= 15 is 0 Å². The molecule has 1 N–H and O–H groups in total. The molecule has 1 aromatic rings. The fraction of sp³-hybridized carbons (Fsp3) is 0.562. The summed E-state index contributed by atoms with van der Waals surface area (Å²) in [5.74, 6) is 0.297. The average Bonchev–Trinajstić information content (AvgIpc) is 2.45. The molecule has 0 spiro atoms. The number of hydrogen-bond acceptors (Lipinski definition) is 2. The number of carbonyl (C=O) groups excluding carboxylic acids is 1. The zero-order valence-corrected chi connectivity index (χ0v) is 13.4. The molecule has 0 heterocycles. The molecule has 2 rings (SSSR count). The van der Waals surface area contributed by atoms with Crippen molar-refractivity contribution in [3.63, 3.8) is 0 Å². The Hall–Kier alpha value is -1.06. The molecule has 0 radical (unpaired) electrons. The van der Waals surface area contributed by atoms with E-state index in [1.54, 1.807) is 0 Å². The van der Waals surface area contributed by atoms with Gasteiger partial charge in [0, 0.05) is 25.6 Å². The second-order valence-corrected chi connectivity index (χ2v) is 5.57. The van der Waals surface area contributed by atoms with Gasteiger partial charge in [-0.2, -0.15) is 0 Å². The van der Waals surface area contributed by atoms with E-state index in [1.807, 2.05) is 25.9 Å². The molecule has 0 saturated carbocycles. The predicted molar refractivity (Wildman–Crippen MR) is 85.4 cm³/mol. The van der Waals surface area contributed by atoms with Crippen LogP contribution in [0.2, 0.25) is 0 Å². The number of amides is 1. The highest BCUT2D eigenvalue weighted by Gasteiger charge is 2.27. The molecule has 0 aliphatic heterocycles. The van der Waals surface area contributed by atoms with E-state index in [9.17, 15) is 4.79 Å². The molecule has 112 valence electrons. The fourth-order valence-corrected chi connectivity index (χ4v) is 2.93. The van der Waals surface area contributed by atoms with E-state index in [-0.39, 0.29) is 24.2 Å². The van der Waals surface area contributed by atoms with Gasteiger partial charge in [-0.15, -0.1) is 12.4 Å². The smallest absolute Gasteiger partial charge is 0.226 e. The summed E-state index contributed by atoms with van der Waals surface area (Å²) >= 11 is 0. The number of hydrogen-bond donors (Lipinski definition) is 1. The van der Waals surface area contributed by atoms with Crippen LogP contribution in [0.1, 0.15) is 24.5 Å². The molecular formula is C16H25ClN2O. The quantitative estimate of drug-likeness (QED) is 0.924. The predicted octanol–water partition coefficient (Wildman–Crippen LogP) is 2.28. The Morgan fingerprint density at radius 3 is 2.70 bits per heavy atom. The summed E-state index contributed by atoms with van der Waals surface area (Å²) in [5.41, 5.74) is 2.85. The Morgan fingerprint density at radius 2 is 2.05 bits per heavy atom. The zero-order chi connectivity index (χ0) is 13.8. The monoisotopic (exact) mass is 296 g/mol. The summed E-state index contributed by atoms with van der Waals surface area (Å²) in [6, 6.07) is 8.94. The van der Waals surface area contributed by atoms with E-state index in [4.69, 9.17) is 0 Å². The van der Waals surface area contributed by atoms with Gasteiger partial charge in [0.15, 0.2) is 0 Å². The Bertz CT molecular complexity index is 450. The van der Waals surface area contributed by atoms with Crippen LogP contribution in [-0.2, 0) is 17.6 Å². The standard InChI is InChI=1S/C16H24N2O.ClH/c1-12(11-17-2)16(19)18(3)15-9-8-13-6-4-5-7-14(13)10-15;/h4-7,12,15,17H,8-11H2,1-3H3;1H. The lowest BCUT2D eigenvalue weighted by Crippen LogP contribution is -2.44. The SMILES string of the molecule is CNCC(C)C(=O)N(C)C1CCc2ccccc2C1.Cl. The normalized spacial score (nSPS) is 18.6. The molecule has 0 bridgehead atoms. The van der Waals surface area contributed by atoms with Crippen molar-refractivity contribution in [2.45, 2.75) is 32.2 Å². The summed E-state index contributed by atoms with van der Waals surface area (Å²) in [4.78, 5) is 14.3. The lowest BCUT2D eigenvalue weighted by Gasteiger charge is -2.34. The molecule has 20 heavy (non-hydrogen) atoms. The van der Waals surface area contributed by atoms with Crippen LogP contribution in [0.25, 0.3) is 0 Å². The van der Waals surface area contributed by atoms with Gasteiger partial charge in [-0.05, 0) is 37.4 Å². The van der Waals surface area contributed by atoms with E-state index in [1.165, 1.54) is 11.1 Å². The van der Waals surface area contributed by atoms with E-state index in [0.717, 1.165) is 25.8 Å². The van der Waals surface area contributed by atoms with Gasteiger partial charge >= 0.3 is 0 Å². The summed E-state index contributed by atoms with van der Waals surface area (Å²) in [6.45, 7) is 2.73. The fourth-order valence-electron chi connectivity index (χ4n) is 2.93. The first-order valence-corrected chi connectivity index (χ1v) is 7.11. The molecule has 4 heteroatoms. The van der Waals surface area contributed by atoms with Gasteiger partial charge in [0.1, 0.15) is 0 Å². The van der Waals surface area contributed by atoms with Crippen molar-refractivity contribution >= 4 is 18.3 Å². The molecule has 1 aliphatic carbocycles. The van der Waals surface area contributed by atoms with Crippen LogP contribution in [-0.4, -0.2) is 37.5 Å². The van der Waals surface area contributed by atoms with Crippen molar-refractivity contribution in [2.24, 2.45) is 5.92 Å². The van der Waals surface area contributed by atoms with Gasteiger partial charge < -0.3 is 10.2 Å². The highest BCUT2D eigenvalue weighted by atomic mass is 35.5. The van der Waals surface area contributed by atoms with Crippen LogP contribution in [0.15, 0.2) is 24.3 Å². The number of aryl methyl sites for hydroxylation is 1. The second-order valence-electron chi connectivity index (χ2n) is 5.57. The molecule has 2 atom stereocenters. The highest BCUT2D eigenvalue weighted by molar-refractivity contribution is 5.85. The second kappa shape index (κ2) is 7.65. The third kappa shape index (κ3) is 3.74. The molecule has 1 aromatic carbocycles. The van der Waals surface area contributed by atoms with E-state index in [0.29, 0.717) is 6.04 Å². The van der Waals surface area contributed by atoms with E-state index in [2.05, 4.69) is 29.6 Å². The van der Waals surface area contributed by atoms with Gasteiger partial charge in [-0.1, -0.05) is 31.2 Å². The summed E-state index contributed by atoms with van der Waals surface area (Å²) in [7, 11) is 3.84. The Morgan fingerprint density at radius 1 is 1.40 bits per heavy atom. The number of rotatable bonds is 4. The number of nitrogens with one attached hydrogen (secondary N) is 1. The van der Waals surface area contributed by atoms with Crippen molar-refractivity contribution in [1.82, 2.24) is 10.2 Å². The number of halogens is 1. The third-order valence-corrected chi connectivity index (χ3v) is 4.15.